The Morgan fingerprint density at radius 2 is 1.12 bits per heavy atom. The second-order valence-electron chi connectivity index (χ2n) is 6.04. The maximum atomic E-state index is 10.7. The first kappa shape index (κ1) is 17.4. The Bertz CT molecular complexity index is 1010. The number of halogens is 1. The van der Waals surface area contributed by atoms with E-state index >= 15 is 0 Å². The van der Waals surface area contributed by atoms with Crippen LogP contribution in [0.3, 0.4) is 0 Å². The van der Waals surface area contributed by atoms with Gasteiger partial charge in [0.25, 0.3) is 0 Å². The average Bonchev–Trinajstić information content (AvgIpc) is 2.66. The zero-order chi connectivity index (χ0) is 17.8. The minimum atomic E-state index is 0.765. The number of hydrogen-bond acceptors (Lipinski definition) is 1. The molecule has 4 rings (SSSR count). The molecule has 0 spiro atoms. The molecule has 0 aliphatic rings. The minimum absolute atomic E-state index is 0.765. The average molecular weight is 391 g/mol. The highest BCUT2D eigenvalue weighted by atomic mass is 79.9. The van der Waals surface area contributed by atoms with Crippen LogP contribution < -0.4 is 0 Å². The predicted octanol–water partition coefficient (Wildman–Crippen LogP) is 6.87. The summed E-state index contributed by atoms with van der Waals surface area (Å²) in [6.45, 7) is 4.19. The van der Waals surface area contributed by atoms with Crippen molar-refractivity contribution < 1.29 is 4.79 Å². The van der Waals surface area contributed by atoms with Gasteiger partial charge in [0.1, 0.15) is 0 Å². The van der Waals surface area contributed by atoms with Crippen LogP contribution in [0.2, 0.25) is 0 Å². The van der Waals surface area contributed by atoms with E-state index in [2.05, 4.69) is 66.2 Å². The van der Waals surface area contributed by atoms with Crippen LogP contribution >= 0.6 is 15.9 Å². The first-order valence-corrected chi connectivity index (χ1v) is 8.98. The van der Waals surface area contributed by atoms with E-state index in [1.54, 1.807) is 0 Å². The highest BCUT2D eigenvalue weighted by molar-refractivity contribution is 9.10. The molecule has 2 heteroatoms. The quantitative estimate of drug-likeness (QED) is 0.324. The van der Waals surface area contributed by atoms with Crippen molar-refractivity contribution in [3.63, 3.8) is 0 Å². The Hall–Kier alpha value is -2.45. The molecule has 0 saturated heterocycles. The fourth-order valence-corrected chi connectivity index (χ4v) is 3.47. The van der Waals surface area contributed by atoms with E-state index in [9.17, 15) is 4.79 Å². The standard InChI is InChI=1S/C12H10O.C11H9Br/c1-9-6-7-10(8-13)12-5-3-2-4-11(9)12;1-8-6-7-11(12)10-5-3-2-4-9(8)10/h2-8H,1H3;2-7H,1H3. The second kappa shape index (κ2) is 7.62. The van der Waals surface area contributed by atoms with Crippen molar-refractivity contribution in [3.05, 3.63) is 94.0 Å². The number of carbonyl (C=O) groups is 1. The lowest BCUT2D eigenvalue weighted by molar-refractivity contribution is 0.112. The van der Waals surface area contributed by atoms with Gasteiger partial charge in [0, 0.05) is 10.0 Å². The summed E-state index contributed by atoms with van der Waals surface area (Å²) in [6, 6.07) is 24.4. The second-order valence-corrected chi connectivity index (χ2v) is 6.90. The number of fused-ring (bicyclic) bond motifs is 2. The SMILES string of the molecule is Cc1ccc(Br)c2ccccc12.Cc1ccc(C=O)c2ccccc12. The van der Waals surface area contributed by atoms with Gasteiger partial charge in [-0.05, 0) is 52.6 Å². The molecule has 0 radical (unpaired) electrons. The zero-order valence-corrected chi connectivity index (χ0v) is 15.9. The van der Waals surface area contributed by atoms with Crippen molar-refractivity contribution in [1.82, 2.24) is 0 Å². The van der Waals surface area contributed by atoms with Crippen LogP contribution in [0, 0.1) is 13.8 Å². The van der Waals surface area contributed by atoms with E-state index in [4.69, 9.17) is 0 Å². The van der Waals surface area contributed by atoms with Gasteiger partial charge in [-0.1, -0.05) is 82.7 Å². The summed E-state index contributed by atoms with van der Waals surface area (Å²) in [5.74, 6) is 0. The maximum Gasteiger partial charge on any atom is 0.150 e. The highest BCUT2D eigenvalue weighted by Crippen LogP contribution is 2.26. The smallest absolute Gasteiger partial charge is 0.150 e. The van der Waals surface area contributed by atoms with E-state index in [-0.39, 0.29) is 0 Å². The molecule has 0 aromatic heterocycles. The Morgan fingerprint density at radius 1 is 0.640 bits per heavy atom. The lowest BCUT2D eigenvalue weighted by Crippen LogP contribution is -1.85. The molecule has 0 bridgehead atoms. The highest BCUT2D eigenvalue weighted by Gasteiger charge is 2.00. The fourth-order valence-electron chi connectivity index (χ4n) is 2.99. The zero-order valence-electron chi connectivity index (χ0n) is 14.3. The van der Waals surface area contributed by atoms with Crippen molar-refractivity contribution in [3.8, 4) is 0 Å². The van der Waals surface area contributed by atoms with Crippen molar-refractivity contribution in [2.75, 3.05) is 0 Å². The molecule has 0 aliphatic heterocycles. The molecule has 0 N–H and O–H groups in total. The molecule has 0 unspecified atom stereocenters. The molecule has 0 saturated carbocycles. The van der Waals surface area contributed by atoms with Gasteiger partial charge in [-0.3, -0.25) is 4.79 Å². The molecule has 0 fully saturated rings. The lowest BCUT2D eigenvalue weighted by Gasteiger charge is -2.03. The van der Waals surface area contributed by atoms with Crippen molar-refractivity contribution in [2.24, 2.45) is 0 Å². The predicted molar refractivity (Wildman–Crippen MR) is 110 cm³/mol. The van der Waals surface area contributed by atoms with Gasteiger partial charge in [0.2, 0.25) is 0 Å². The van der Waals surface area contributed by atoms with Gasteiger partial charge in [0.05, 0.1) is 0 Å². The fraction of sp³-hybridized carbons (Fsp3) is 0.0870. The number of aryl methyl sites for hydroxylation is 2. The third-order valence-electron chi connectivity index (χ3n) is 4.39. The van der Waals surface area contributed by atoms with Gasteiger partial charge in [-0.15, -0.1) is 0 Å². The number of aldehydes is 1. The van der Waals surface area contributed by atoms with Gasteiger partial charge in [-0.2, -0.15) is 0 Å². The van der Waals surface area contributed by atoms with E-state index < -0.39 is 0 Å². The van der Waals surface area contributed by atoms with Gasteiger partial charge >= 0.3 is 0 Å². The van der Waals surface area contributed by atoms with Gasteiger partial charge in [0.15, 0.2) is 6.29 Å². The van der Waals surface area contributed by atoms with E-state index in [1.807, 2.05) is 36.4 Å². The van der Waals surface area contributed by atoms with Crippen molar-refractivity contribution >= 4 is 43.8 Å². The van der Waals surface area contributed by atoms with Gasteiger partial charge < -0.3 is 0 Å². The molecule has 0 aliphatic carbocycles. The Kier molecular flexibility index (Phi) is 5.30. The van der Waals surface area contributed by atoms with Crippen molar-refractivity contribution in [1.29, 1.82) is 0 Å². The molecule has 0 amide bonds. The lowest BCUT2D eigenvalue weighted by atomic mass is 10.0. The molecule has 124 valence electrons. The first-order chi connectivity index (χ1) is 12.1. The molecule has 1 nitrogen and oxygen atoms in total. The molecule has 0 atom stereocenters. The van der Waals surface area contributed by atoms with Crippen molar-refractivity contribution in [2.45, 2.75) is 13.8 Å². The first-order valence-electron chi connectivity index (χ1n) is 8.19. The van der Waals surface area contributed by atoms with E-state index in [1.165, 1.54) is 26.4 Å². The Labute approximate surface area is 156 Å². The summed E-state index contributed by atoms with van der Waals surface area (Å²) >= 11 is 3.53. The number of carbonyl (C=O) groups excluding carboxylic acids is 1. The Balaban J connectivity index is 0.000000146. The maximum absolute atomic E-state index is 10.7. The number of rotatable bonds is 1. The van der Waals surface area contributed by atoms with Crippen LogP contribution in [-0.4, -0.2) is 6.29 Å². The number of benzene rings is 4. The van der Waals surface area contributed by atoms with Crippen LogP contribution in [0.5, 0.6) is 0 Å². The van der Waals surface area contributed by atoms with E-state index in [0.29, 0.717) is 0 Å². The molecular formula is C23H19BrO. The summed E-state index contributed by atoms with van der Waals surface area (Å²) in [5.41, 5.74) is 3.30. The largest absolute Gasteiger partial charge is 0.298 e. The third-order valence-corrected chi connectivity index (χ3v) is 5.08. The van der Waals surface area contributed by atoms with Crippen LogP contribution in [0.1, 0.15) is 21.5 Å². The summed E-state index contributed by atoms with van der Waals surface area (Å²) in [4.78, 5) is 10.7. The normalized spacial score (nSPS) is 10.4. The third kappa shape index (κ3) is 3.64. The summed E-state index contributed by atoms with van der Waals surface area (Å²) < 4.78 is 1.17. The minimum Gasteiger partial charge on any atom is -0.298 e. The van der Waals surface area contributed by atoms with E-state index in [0.717, 1.165) is 22.6 Å². The summed E-state index contributed by atoms with van der Waals surface area (Å²) in [7, 11) is 0. The number of hydrogen-bond donors (Lipinski definition) is 0. The molecular weight excluding hydrogens is 372 g/mol. The topological polar surface area (TPSA) is 17.1 Å². The molecule has 4 aromatic carbocycles. The van der Waals surface area contributed by atoms with Crippen LogP contribution in [0.15, 0.2) is 77.3 Å². The van der Waals surface area contributed by atoms with Crippen LogP contribution in [0.4, 0.5) is 0 Å². The molecule has 4 aromatic rings. The Morgan fingerprint density at radius 3 is 1.68 bits per heavy atom. The van der Waals surface area contributed by atoms with Crippen LogP contribution in [0.25, 0.3) is 21.5 Å². The van der Waals surface area contributed by atoms with Crippen LogP contribution in [-0.2, 0) is 0 Å². The molecule has 25 heavy (non-hydrogen) atoms. The van der Waals surface area contributed by atoms with Gasteiger partial charge in [-0.25, -0.2) is 0 Å². The summed E-state index contributed by atoms with van der Waals surface area (Å²) in [6.07, 6.45) is 0.905. The monoisotopic (exact) mass is 390 g/mol. The molecule has 0 heterocycles. The summed E-state index contributed by atoms with van der Waals surface area (Å²) in [5, 5.41) is 4.81.